The summed E-state index contributed by atoms with van der Waals surface area (Å²) < 4.78 is 5.27. The van der Waals surface area contributed by atoms with Crippen molar-refractivity contribution >= 4 is 17.2 Å². The molecule has 2 N–H and O–H groups in total. The van der Waals surface area contributed by atoms with Crippen LogP contribution in [0.2, 0.25) is 0 Å². The zero-order valence-corrected chi connectivity index (χ0v) is 14.6. The van der Waals surface area contributed by atoms with Gasteiger partial charge in [-0.15, -0.1) is 11.3 Å². The van der Waals surface area contributed by atoms with Crippen LogP contribution in [-0.2, 0) is 0 Å². The summed E-state index contributed by atoms with van der Waals surface area (Å²) in [5.41, 5.74) is 0.352. The van der Waals surface area contributed by atoms with E-state index >= 15 is 0 Å². The minimum Gasteiger partial charge on any atom is -0.462 e. The molecule has 2 aromatic rings. The molecule has 24 heavy (non-hydrogen) atoms. The molecule has 0 unspecified atom stereocenters. The number of piperidine rings is 1. The van der Waals surface area contributed by atoms with Crippen molar-refractivity contribution < 1.29 is 14.3 Å². The van der Waals surface area contributed by atoms with Gasteiger partial charge in [0.15, 0.2) is 10.8 Å². The van der Waals surface area contributed by atoms with Crippen LogP contribution in [0, 0.1) is 5.92 Å². The highest BCUT2D eigenvalue weighted by Gasteiger charge is 2.19. The molecule has 3 heterocycles. The summed E-state index contributed by atoms with van der Waals surface area (Å²) in [7, 11) is 0. The number of aliphatic hydroxyl groups is 1. The zero-order valence-electron chi connectivity index (χ0n) is 13.8. The number of aliphatic hydroxyl groups excluding tert-OH is 1. The largest absolute Gasteiger partial charge is 0.462 e. The lowest BCUT2D eigenvalue weighted by Crippen LogP contribution is -2.43. The van der Waals surface area contributed by atoms with Crippen molar-refractivity contribution in [3.63, 3.8) is 0 Å². The Kier molecular flexibility index (Phi) is 5.65. The molecular weight excluding hydrogens is 326 g/mol. The van der Waals surface area contributed by atoms with Gasteiger partial charge in [-0.25, -0.2) is 4.98 Å². The molecule has 1 aliphatic rings. The minimum absolute atomic E-state index is 0.235. The van der Waals surface area contributed by atoms with Gasteiger partial charge in [-0.1, -0.05) is 6.92 Å². The van der Waals surface area contributed by atoms with E-state index in [4.69, 9.17) is 4.42 Å². The Labute approximate surface area is 145 Å². The first-order chi connectivity index (χ1) is 11.6. The van der Waals surface area contributed by atoms with Crippen LogP contribution in [0.25, 0.3) is 10.8 Å². The third kappa shape index (κ3) is 4.43. The summed E-state index contributed by atoms with van der Waals surface area (Å²) in [6.07, 6.45) is 3.36. The van der Waals surface area contributed by atoms with E-state index in [1.54, 1.807) is 17.7 Å². The molecule has 1 aliphatic heterocycles. The molecule has 7 heteroatoms. The predicted octanol–water partition coefficient (Wildman–Crippen LogP) is 2.23. The van der Waals surface area contributed by atoms with Crippen molar-refractivity contribution in [3.05, 3.63) is 29.5 Å². The van der Waals surface area contributed by atoms with Gasteiger partial charge in [0.1, 0.15) is 5.69 Å². The average Bonchev–Trinajstić information content (AvgIpc) is 3.25. The molecule has 0 bridgehead atoms. The number of carbonyl (C=O) groups excluding carboxylic acids is 1. The number of aromatic nitrogens is 1. The summed E-state index contributed by atoms with van der Waals surface area (Å²) in [5.74, 6) is 1.15. The Morgan fingerprint density at radius 3 is 3.04 bits per heavy atom. The second-order valence-electron chi connectivity index (χ2n) is 6.36. The third-order valence-corrected chi connectivity index (χ3v) is 5.17. The molecule has 0 saturated carbocycles. The molecule has 0 radical (unpaired) electrons. The number of nitrogens with zero attached hydrogens (tertiary/aromatic N) is 2. The highest BCUT2D eigenvalue weighted by molar-refractivity contribution is 7.13. The highest BCUT2D eigenvalue weighted by Crippen LogP contribution is 2.23. The van der Waals surface area contributed by atoms with Crippen LogP contribution in [0.1, 0.15) is 30.3 Å². The van der Waals surface area contributed by atoms with E-state index in [0.29, 0.717) is 23.0 Å². The van der Waals surface area contributed by atoms with E-state index in [-0.39, 0.29) is 12.5 Å². The number of thiazole rings is 1. The van der Waals surface area contributed by atoms with Crippen molar-refractivity contribution in [2.24, 2.45) is 5.92 Å². The molecule has 3 rings (SSSR count). The highest BCUT2D eigenvalue weighted by atomic mass is 32.1. The lowest BCUT2D eigenvalue weighted by atomic mass is 9.99. The average molecular weight is 349 g/mol. The summed E-state index contributed by atoms with van der Waals surface area (Å²) in [4.78, 5) is 18.7. The maximum atomic E-state index is 12.1. The van der Waals surface area contributed by atoms with E-state index in [9.17, 15) is 9.90 Å². The van der Waals surface area contributed by atoms with Gasteiger partial charge in [-0.2, -0.15) is 0 Å². The standard InChI is InChI=1S/C17H23N3O3S/c1-12-4-6-20(7-5-12)10-13(21)9-18-16(22)14-11-24-17(19-14)15-3-2-8-23-15/h2-3,8,11-13,21H,4-7,9-10H2,1H3,(H,18,22)/t13-/m1/s1. The number of carbonyl (C=O) groups is 1. The topological polar surface area (TPSA) is 78.6 Å². The molecule has 1 saturated heterocycles. The van der Waals surface area contributed by atoms with Gasteiger partial charge in [-0.05, 0) is 44.0 Å². The first-order valence-electron chi connectivity index (χ1n) is 8.30. The first-order valence-corrected chi connectivity index (χ1v) is 9.18. The number of amides is 1. The normalized spacial score (nSPS) is 17.8. The molecule has 1 fully saturated rings. The van der Waals surface area contributed by atoms with Crippen LogP contribution in [0.4, 0.5) is 0 Å². The predicted molar refractivity (Wildman–Crippen MR) is 93.0 cm³/mol. The van der Waals surface area contributed by atoms with Crippen molar-refractivity contribution in [1.82, 2.24) is 15.2 Å². The molecule has 0 spiro atoms. The van der Waals surface area contributed by atoms with Gasteiger partial charge in [0, 0.05) is 18.5 Å². The number of hydrogen-bond acceptors (Lipinski definition) is 6. The van der Waals surface area contributed by atoms with Gasteiger partial charge in [0.25, 0.3) is 5.91 Å². The molecular formula is C17H23N3O3S. The monoisotopic (exact) mass is 349 g/mol. The second-order valence-corrected chi connectivity index (χ2v) is 7.22. The first kappa shape index (κ1) is 17.1. The number of nitrogens with one attached hydrogen (secondary N) is 1. The van der Waals surface area contributed by atoms with E-state index in [2.05, 4.69) is 22.1 Å². The molecule has 0 aliphatic carbocycles. The quantitative estimate of drug-likeness (QED) is 0.836. The maximum Gasteiger partial charge on any atom is 0.270 e. The zero-order chi connectivity index (χ0) is 16.9. The van der Waals surface area contributed by atoms with Gasteiger partial charge in [0.05, 0.1) is 12.4 Å². The number of furan rings is 1. The number of rotatable bonds is 6. The van der Waals surface area contributed by atoms with Crippen molar-refractivity contribution in [1.29, 1.82) is 0 Å². The smallest absolute Gasteiger partial charge is 0.270 e. The van der Waals surface area contributed by atoms with Crippen LogP contribution in [0.15, 0.2) is 28.2 Å². The van der Waals surface area contributed by atoms with Crippen molar-refractivity contribution in [2.75, 3.05) is 26.2 Å². The van der Waals surface area contributed by atoms with E-state index in [0.717, 1.165) is 19.0 Å². The van der Waals surface area contributed by atoms with Crippen LogP contribution in [0.5, 0.6) is 0 Å². The summed E-state index contributed by atoms with van der Waals surface area (Å²) in [5, 5.41) is 15.3. The van der Waals surface area contributed by atoms with E-state index < -0.39 is 6.10 Å². The molecule has 0 aromatic carbocycles. The molecule has 2 aromatic heterocycles. The number of hydrogen-bond donors (Lipinski definition) is 2. The SMILES string of the molecule is CC1CCN(C[C@H](O)CNC(=O)c2csc(-c3ccco3)n2)CC1. The Balaban J connectivity index is 1.45. The Hall–Kier alpha value is -1.70. The summed E-state index contributed by atoms with van der Waals surface area (Å²) in [6.45, 7) is 5.13. The van der Waals surface area contributed by atoms with Gasteiger partial charge >= 0.3 is 0 Å². The van der Waals surface area contributed by atoms with Gasteiger partial charge < -0.3 is 19.7 Å². The fourth-order valence-electron chi connectivity index (χ4n) is 2.80. The molecule has 1 amide bonds. The van der Waals surface area contributed by atoms with Crippen LogP contribution in [-0.4, -0.2) is 53.2 Å². The maximum absolute atomic E-state index is 12.1. The van der Waals surface area contributed by atoms with Gasteiger partial charge in [-0.3, -0.25) is 4.79 Å². The van der Waals surface area contributed by atoms with Crippen molar-refractivity contribution in [2.45, 2.75) is 25.9 Å². The molecule has 1 atom stereocenters. The van der Waals surface area contributed by atoms with Crippen LogP contribution in [0.3, 0.4) is 0 Å². The van der Waals surface area contributed by atoms with E-state index in [1.807, 2.05) is 6.07 Å². The lowest BCUT2D eigenvalue weighted by Gasteiger charge is -2.31. The number of likely N-dealkylation sites (tertiary alicyclic amines) is 1. The summed E-state index contributed by atoms with van der Waals surface area (Å²) in [6, 6.07) is 3.60. The Morgan fingerprint density at radius 2 is 2.33 bits per heavy atom. The van der Waals surface area contributed by atoms with Crippen LogP contribution < -0.4 is 5.32 Å². The minimum atomic E-state index is -0.564. The van der Waals surface area contributed by atoms with E-state index in [1.165, 1.54) is 24.2 Å². The number of β-amino-alcohol motifs (C(OH)–C–C–N with tert-alkyl or cyclic N) is 1. The Bertz CT molecular complexity index is 648. The summed E-state index contributed by atoms with van der Waals surface area (Å²) >= 11 is 1.36. The lowest BCUT2D eigenvalue weighted by molar-refractivity contribution is 0.0793. The van der Waals surface area contributed by atoms with Crippen LogP contribution >= 0.6 is 11.3 Å². The molecule has 130 valence electrons. The fourth-order valence-corrected chi connectivity index (χ4v) is 3.57. The third-order valence-electron chi connectivity index (χ3n) is 4.31. The molecule has 6 nitrogen and oxygen atoms in total. The van der Waals surface area contributed by atoms with Gasteiger partial charge in [0.2, 0.25) is 0 Å². The Morgan fingerprint density at radius 1 is 1.54 bits per heavy atom. The second kappa shape index (κ2) is 7.92. The van der Waals surface area contributed by atoms with Crippen molar-refractivity contribution in [3.8, 4) is 10.8 Å². The fraction of sp³-hybridized carbons (Fsp3) is 0.529.